The number of benzene rings is 3. The molecule has 0 radical (unpaired) electrons. The molecule has 3 aromatic carbocycles. The van der Waals surface area contributed by atoms with Gasteiger partial charge in [-0.25, -0.2) is 14.1 Å². The van der Waals surface area contributed by atoms with E-state index < -0.39 is 41.7 Å². The smallest absolute Gasteiger partial charge is 0.325 e. The number of ether oxygens (including phenoxy) is 3. The Hall–Kier alpha value is -4.72. The maximum absolute atomic E-state index is 14.7. The van der Waals surface area contributed by atoms with E-state index in [-0.39, 0.29) is 5.69 Å². The van der Waals surface area contributed by atoms with Crippen molar-refractivity contribution in [1.82, 2.24) is 10.2 Å². The number of urea groups is 1. The van der Waals surface area contributed by atoms with Crippen molar-refractivity contribution in [3.8, 4) is 18.1 Å². The average Bonchev–Trinajstić information content (AvgIpc) is 3.29. The van der Waals surface area contributed by atoms with Crippen LogP contribution in [0.4, 0.5) is 14.9 Å². The van der Waals surface area contributed by atoms with Crippen LogP contribution in [0.2, 0.25) is 0 Å². The van der Waals surface area contributed by atoms with Gasteiger partial charge in [0.1, 0.15) is 30.3 Å². The summed E-state index contributed by atoms with van der Waals surface area (Å²) in [6.07, 6.45) is 5.34. The molecule has 0 aromatic heterocycles. The van der Waals surface area contributed by atoms with E-state index in [0.717, 1.165) is 16.5 Å². The number of halogens is 1. The fourth-order valence-corrected chi connectivity index (χ4v) is 4.62. The van der Waals surface area contributed by atoms with Gasteiger partial charge in [-0.15, -0.1) is 6.42 Å². The first-order valence-corrected chi connectivity index (χ1v) is 13.4. The lowest BCUT2D eigenvalue weighted by molar-refractivity contribution is -0.134. The van der Waals surface area contributed by atoms with Crippen LogP contribution in [-0.4, -0.2) is 62.3 Å². The number of nitrogens with zero attached hydrogens (tertiary/aromatic N) is 1. The van der Waals surface area contributed by atoms with Crippen LogP contribution < -0.4 is 15.4 Å². The van der Waals surface area contributed by atoms with Gasteiger partial charge in [0, 0.05) is 18.6 Å². The third-order valence-corrected chi connectivity index (χ3v) is 6.85. The lowest BCUT2D eigenvalue weighted by Crippen LogP contribution is -2.50. The Morgan fingerprint density at radius 3 is 2.43 bits per heavy atom. The van der Waals surface area contributed by atoms with Crippen molar-refractivity contribution in [3.05, 3.63) is 95.3 Å². The first-order chi connectivity index (χ1) is 20.3. The van der Waals surface area contributed by atoms with E-state index in [1.807, 2.05) is 6.07 Å². The molecule has 4 amide bonds. The highest BCUT2D eigenvalue weighted by atomic mass is 19.1. The van der Waals surface area contributed by atoms with E-state index >= 15 is 0 Å². The van der Waals surface area contributed by atoms with E-state index in [9.17, 15) is 18.8 Å². The minimum atomic E-state index is -1.28. The molecule has 1 aliphatic heterocycles. The van der Waals surface area contributed by atoms with Gasteiger partial charge in [-0.1, -0.05) is 55.3 Å². The Morgan fingerprint density at radius 2 is 1.76 bits per heavy atom. The minimum absolute atomic E-state index is 0.118. The van der Waals surface area contributed by atoms with Crippen molar-refractivity contribution in [2.45, 2.75) is 24.9 Å². The summed E-state index contributed by atoms with van der Waals surface area (Å²) in [6, 6.07) is 16.6. The summed E-state index contributed by atoms with van der Waals surface area (Å²) in [4.78, 5) is 41.5. The van der Waals surface area contributed by atoms with Gasteiger partial charge < -0.3 is 24.8 Å². The maximum atomic E-state index is 14.7. The molecule has 9 nitrogen and oxygen atoms in total. The summed E-state index contributed by atoms with van der Waals surface area (Å²) >= 11 is 0. The normalized spacial score (nSPS) is 16.0. The van der Waals surface area contributed by atoms with Crippen molar-refractivity contribution in [2.24, 2.45) is 0 Å². The number of nitrogens with one attached hydrogen (secondary N) is 2. The highest BCUT2D eigenvalue weighted by Gasteiger charge is 2.47. The number of methoxy groups -OCH3 is 1. The van der Waals surface area contributed by atoms with E-state index in [2.05, 4.69) is 16.6 Å². The van der Waals surface area contributed by atoms with Gasteiger partial charge in [-0.3, -0.25) is 9.59 Å². The summed E-state index contributed by atoms with van der Waals surface area (Å²) in [6.45, 7) is 3.41. The highest BCUT2D eigenvalue weighted by Crippen LogP contribution is 2.32. The number of hydrogen-bond donors (Lipinski definition) is 2. The molecule has 10 heteroatoms. The first-order valence-electron chi connectivity index (χ1n) is 13.4. The van der Waals surface area contributed by atoms with E-state index in [4.69, 9.17) is 20.6 Å². The number of amides is 4. The second kappa shape index (κ2) is 14.3. The summed E-state index contributed by atoms with van der Waals surface area (Å²) in [5.41, 5.74) is 1.43. The van der Waals surface area contributed by atoms with Crippen molar-refractivity contribution in [2.75, 3.05) is 38.9 Å². The molecule has 3 aromatic rings. The zero-order valence-corrected chi connectivity index (χ0v) is 23.3. The molecule has 1 fully saturated rings. The summed E-state index contributed by atoms with van der Waals surface area (Å²) in [5, 5.41) is 5.22. The average molecular weight is 574 g/mol. The second-order valence-corrected chi connectivity index (χ2v) is 9.59. The number of rotatable bonds is 13. The monoisotopic (exact) mass is 573 g/mol. The molecular weight excluding hydrogens is 541 g/mol. The number of carbonyl (C=O) groups excluding carboxylic acids is 3. The molecular formula is C32H32FN3O6. The zero-order chi connectivity index (χ0) is 30.1. The molecule has 0 bridgehead atoms. The summed E-state index contributed by atoms with van der Waals surface area (Å²) in [5.74, 6) is 0.223. The van der Waals surface area contributed by atoms with Crippen LogP contribution in [-0.2, 0) is 19.1 Å². The molecule has 42 heavy (non-hydrogen) atoms. The molecule has 1 aliphatic rings. The lowest BCUT2D eigenvalue weighted by Gasteiger charge is -2.30. The van der Waals surface area contributed by atoms with Crippen LogP contribution in [0.1, 0.15) is 35.6 Å². The quantitative estimate of drug-likeness (QED) is 0.180. The molecule has 1 saturated heterocycles. The van der Waals surface area contributed by atoms with Gasteiger partial charge in [0.2, 0.25) is 5.91 Å². The number of imide groups is 1. The highest BCUT2D eigenvalue weighted by molar-refractivity contribution is 6.10. The standard InChI is InChI=1S/C32H32FN3O6/c1-4-22-10-15-27(26(33)20-22)34-30(37)29(21(2)23-8-6-5-7-9-23)36-31(38)28(35-32(36)39)24-11-13-25(14-12-24)42-19-18-41-17-16-40-3/h1,5-15,20-21,28-29H,16-19H2,2-3H3,(H,34,37)(H,35,39)/t21?,28-,29+/m1/s1. The molecule has 0 spiro atoms. The van der Waals surface area contributed by atoms with Gasteiger partial charge in [-0.2, -0.15) is 0 Å². The van der Waals surface area contributed by atoms with Crippen LogP contribution >= 0.6 is 0 Å². The SMILES string of the molecule is C#Cc1ccc(NC(=O)[C@H](C(C)c2ccccc2)N2C(=O)N[C@H](c3ccc(OCCOCCOC)cc3)C2=O)c(F)c1. The predicted octanol–water partition coefficient (Wildman–Crippen LogP) is 4.25. The number of hydrogen-bond acceptors (Lipinski definition) is 6. The Kier molecular flexibility index (Phi) is 10.3. The Labute approximate surface area is 243 Å². The molecule has 1 unspecified atom stereocenters. The van der Waals surface area contributed by atoms with Crippen molar-refractivity contribution in [3.63, 3.8) is 0 Å². The molecule has 2 N–H and O–H groups in total. The third kappa shape index (κ3) is 7.13. The largest absolute Gasteiger partial charge is 0.491 e. The summed E-state index contributed by atoms with van der Waals surface area (Å²) < 4.78 is 30.6. The number of anilines is 1. The maximum Gasteiger partial charge on any atom is 0.325 e. The van der Waals surface area contributed by atoms with Crippen molar-refractivity contribution < 1.29 is 33.0 Å². The topological polar surface area (TPSA) is 106 Å². The lowest BCUT2D eigenvalue weighted by atomic mass is 9.91. The number of terminal acetylenes is 1. The summed E-state index contributed by atoms with van der Waals surface area (Å²) in [7, 11) is 1.60. The van der Waals surface area contributed by atoms with Crippen LogP contribution in [0.25, 0.3) is 0 Å². The van der Waals surface area contributed by atoms with Crippen LogP contribution in [0, 0.1) is 18.2 Å². The zero-order valence-electron chi connectivity index (χ0n) is 23.3. The van der Waals surface area contributed by atoms with Crippen LogP contribution in [0.3, 0.4) is 0 Å². The molecule has 1 heterocycles. The fraction of sp³-hybridized carbons (Fsp3) is 0.281. The van der Waals surface area contributed by atoms with Gasteiger partial charge in [-0.05, 0) is 41.5 Å². The van der Waals surface area contributed by atoms with Crippen LogP contribution in [0.5, 0.6) is 5.75 Å². The third-order valence-electron chi connectivity index (χ3n) is 6.85. The van der Waals surface area contributed by atoms with Gasteiger partial charge in [0.15, 0.2) is 0 Å². The molecule has 218 valence electrons. The predicted molar refractivity (Wildman–Crippen MR) is 154 cm³/mol. The Morgan fingerprint density at radius 1 is 1.05 bits per heavy atom. The van der Waals surface area contributed by atoms with E-state index in [0.29, 0.717) is 43.3 Å². The first kappa shape index (κ1) is 30.2. The van der Waals surface area contributed by atoms with Gasteiger partial charge >= 0.3 is 6.03 Å². The van der Waals surface area contributed by atoms with E-state index in [1.165, 1.54) is 12.1 Å². The molecule has 0 aliphatic carbocycles. The minimum Gasteiger partial charge on any atom is -0.491 e. The Balaban J connectivity index is 1.53. The molecule has 4 rings (SSSR count). The van der Waals surface area contributed by atoms with Gasteiger partial charge in [0.25, 0.3) is 5.91 Å². The van der Waals surface area contributed by atoms with Crippen molar-refractivity contribution in [1.29, 1.82) is 0 Å². The molecule has 0 saturated carbocycles. The number of carbonyl (C=O) groups is 3. The fourth-order valence-electron chi connectivity index (χ4n) is 4.62. The second-order valence-electron chi connectivity index (χ2n) is 9.59. The van der Waals surface area contributed by atoms with Crippen molar-refractivity contribution >= 4 is 23.5 Å². The van der Waals surface area contributed by atoms with Crippen LogP contribution in [0.15, 0.2) is 72.8 Å². The van der Waals surface area contributed by atoms with E-state index in [1.54, 1.807) is 62.6 Å². The Bertz CT molecular complexity index is 1440. The molecule has 3 atom stereocenters. The van der Waals surface area contributed by atoms with Gasteiger partial charge in [0.05, 0.1) is 25.5 Å².